The van der Waals surface area contributed by atoms with Crippen molar-refractivity contribution in [2.75, 3.05) is 26.2 Å². The van der Waals surface area contributed by atoms with Crippen LogP contribution in [0.2, 0.25) is 0 Å². The van der Waals surface area contributed by atoms with E-state index in [0.29, 0.717) is 12.0 Å². The Balaban J connectivity index is 3.81. The molecule has 2 nitrogen and oxygen atoms in total. The SMILES string of the molecule is C=CCN(CC=C)CC(C)CNC(C)C. The minimum absolute atomic E-state index is 0.569. The van der Waals surface area contributed by atoms with Crippen molar-refractivity contribution in [1.82, 2.24) is 10.2 Å². The first-order chi connectivity index (χ1) is 7.10. The van der Waals surface area contributed by atoms with Gasteiger partial charge < -0.3 is 5.32 Å². The van der Waals surface area contributed by atoms with Gasteiger partial charge in [-0.2, -0.15) is 0 Å². The number of nitrogens with zero attached hydrogens (tertiary/aromatic N) is 1. The second-order valence-corrected chi connectivity index (χ2v) is 4.46. The predicted octanol–water partition coefficient (Wildman–Crippen LogP) is 2.29. The van der Waals surface area contributed by atoms with Crippen molar-refractivity contribution in [1.29, 1.82) is 0 Å². The van der Waals surface area contributed by atoms with Crippen LogP contribution in [0.15, 0.2) is 25.3 Å². The van der Waals surface area contributed by atoms with Crippen molar-refractivity contribution in [3.63, 3.8) is 0 Å². The third kappa shape index (κ3) is 8.40. The molecule has 0 aliphatic carbocycles. The van der Waals surface area contributed by atoms with Gasteiger partial charge in [0.05, 0.1) is 0 Å². The molecule has 1 unspecified atom stereocenters. The number of hydrogen-bond acceptors (Lipinski definition) is 2. The van der Waals surface area contributed by atoms with Gasteiger partial charge in [0.2, 0.25) is 0 Å². The van der Waals surface area contributed by atoms with E-state index in [-0.39, 0.29) is 0 Å². The Kier molecular flexibility index (Phi) is 8.34. The number of hydrogen-bond donors (Lipinski definition) is 1. The monoisotopic (exact) mass is 210 g/mol. The van der Waals surface area contributed by atoms with Crippen LogP contribution < -0.4 is 5.32 Å². The van der Waals surface area contributed by atoms with E-state index in [1.54, 1.807) is 0 Å². The van der Waals surface area contributed by atoms with E-state index < -0.39 is 0 Å². The summed E-state index contributed by atoms with van der Waals surface area (Å²) >= 11 is 0. The summed E-state index contributed by atoms with van der Waals surface area (Å²) in [6, 6.07) is 0.569. The maximum atomic E-state index is 3.77. The summed E-state index contributed by atoms with van der Waals surface area (Å²) in [5.74, 6) is 0.660. The standard InChI is InChI=1S/C13H26N2/c1-6-8-15(9-7-2)11-13(5)10-14-12(3)4/h6-7,12-14H,1-2,8-11H2,3-5H3. The van der Waals surface area contributed by atoms with Gasteiger partial charge in [0.1, 0.15) is 0 Å². The highest BCUT2D eigenvalue weighted by Crippen LogP contribution is 1.99. The van der Waals surface area contributed by atoms with E-state index in [4.69, 9.17) is 0 Å². The smallest absolute Gasteiger partial charge is 0.0164 e. The Labute approximate surface area is 95.0 Å². The third-order valence-corrected chi connectivity index (χ3v) is 2.22. The number of rotatable bonds is 9. The molecule has 2 heteroatoms. The predicted molar refractivity (Wildman–Crippen MR) is 69.1 cm³/mol. The van der Waals surface area contributed by atoms with Crippen molar-refractivity contribution < 1.29 is 0 Å². The first-order valence-electron chi connectivity index (χ1n) is 5.77. The van der Waals surface area contributed by atoms with Crippen LogP contribution >= 0.6 is 0 Å². The fraction of sp³-hybridized carbons (Fsp3) is 0.692. The molecule has 0 amide bonds. The third-order valence-electron chi connectivity index (χ3n) is 2.22. The minimum Gasteiger partial charge on any atom is -0.314 e. The van der Waals surface area contributed by atoms with E-state index >= 15 is 0 Å². The molecule has 0 aromatic rings. The van der Waals surface area contributed by atoms with Gasteiger partial charge >= 0.3 is 0 Å². The fourth-order valence-electron chi connectivity index (χ4n) is 1.53. The molecule has 0 aromatic carbocycles. The van der Waals surface area contributed by atoms with Crippen LogP contribution in [0.1, 0.15) is 20.8 Å². The Morgan fingerprint density at radius 3 is 2.07 bits per heavy atom. The van der Waals surface area contributed by atoms with Crippen LogP contribution in [0, 0.1) is 5.92 Å². The van der Waals surface area contributed by atoms with Gasteiger partial charge in [0.15, 0.2) is 0 Å². The van der Waals surface area contributed by atoms with Crippen LogP contribution in [0.25, 0.3) is 0 Å². The molecule has 0 bridgehead atoms. The fourth-order valence-corrected chi connectivity index (χ4v) is 1.53. The van der Waals surface area contributed by atoms with E-state index in [1.807, 2.05) is 12.2 Å². The van der Waals surface area contributed by atoms with Gasteiger partial charge in [0.25, 0.3) is 0 Å². The molecule has 0 aliphatic heterocycles. The van der Waals surface area contributed by atoms with Gasteiger partial charge in [0, 0.05) is 25.7 Å². The summed E-state index contributed by atoms with van der Waals surface area (Å²) in [5, 5.41) is 3.46. The Morgan fingerprint density at radius 2 is 1.67 bits per heavy atom. The normalized spacial score (nSPS) is 13.1. The van der Waals surface area contributed by atoms with Gasteiger partial charge in [-0.25, -0.2) is 0 Å². The molecule has 0 heterocycles. The first-order valence-corrected chi connectivity index (χ1v) is 5.77. The molecule has 0 spiro atoms. The Morgan fingerprint density at radius 1 is 1.13 bits per heavy atom. The maximum absolute atomic E-state index is 3.77. The van der Waals surface area contributed by atoms with E-state index in [2.05, 4.69) is 44.1 Å². The summed E-state index contributed by atoms with van der Waals surface area (Å²) < 4.78 is 0. The van der Waals surface area contributed by atoms with Crippen LogP contribution in [-0.2, 0) is 0 Å². The van der Waals surface area contributed by atoms with Crippen LogP contribution in [0.4, 0.5) is 0 Å². The average Bonchev–Trinajstić information content (AvgIpc) is 2.15. The van der Waals surface area contributed by atoms with Crippen molar-refractivity contribution >= 4 is 0 Å². The minimum atomic E-state index is 0.569. The van der Waals surface area contributed by atoms with Crippen molar-refractivity contribution in [3.8, 4) is 0 Å². The molecule has 88 valence electrons. The summed E-state index contributed by atoms with van der Waals surface area (Å²) in [4.78, 5) is 2.35. The quantitative estimate of drug-likeness (QED) is 0.587. The highest BCUT2D eigenvalue weighted by Gasteiger charge is 2.07. The Bertz CT molecular complexity index is 165. The summed E-state index contributed by atoms with van der Waals surface area (Å²) in [6.07, 6.45) is 3.90. The van der Waals surface area contributed by atoms with Crippen molar-refractivity contribution in [2.24, 2.45) is 5.92 Å². The largest absolute Gasteiger partial charge is 0.314 e. The zero-order chi connectivity index (χ0) is 11.7. The molecule has 1 N–H and O–H groups in total. The van der Waals surface area contributed by atoms with Crippen LogP contribution in [0.5, 0.6) is 0 Å². The zero-order valence-corrected chi connectivity index (χ0v) is 10.5. The number of nitrogens with one attached hydrogen (secondary N) is 1. The zero-order valence-electron chi connectivity index (χ0n) is 10.5. The highest BCUT2D eigenvalue weighted by atomic mass is 15.1. The lowest BCUT2D eigenvalue weighted by molar-refractivity contribution is 0.277. The summed E-state index contributed by atoms with van der Waals surface area (Å²) in [7, 11) is 0. The molecule has 0 radical (unpaired) electrons. The molecule has 0 saturated carbocycles. The topological polar surface area (TPSA) is 15.3 Å². The molecule has 0 aliphatic rings. The lowest BCUT2D eigenvalue weighted by atomic mass is 10.1. The molecule has 15 heavy (non-hydrogen) atoms. The van der Waals surface area contributed by atoms with Gasteiger partial charge in [-0.3, -0.25) is 4.90 Å². The lowest BCUT2D eigenvalue weighted by Gasteiger charge is -2.24. The van der Waals surface area contributed by atoms with Crippen LogP contribution in [-0.4, -0.2) is 37.1 Å². The molecule has 0 aromatic heterocycles. The lowest BCUT2D eigenvalue weighted by Crippen LogP contribution is -2.35. The molecule has 0 fully saturated rings. The Hall–Kier alpha value is -0.600. The maximum Gasteiger partial charge on any atom is 0.0164 e. The molecular weight excluding hydrogens is 184 g/mol. The molecule has 0 rings (SSSR count). The second-order valence-electron chi connectivity index (χ2n) is 4.46. The van der Waals surface area contributed by atoms with E-state index in [0.717, 1.165) is 26.2 Å². The van der Waals surface area contributed by atoms with E-state index in [1.165, 1.54) is 0 Å². The van der Waals surface area contributed by atoms with Crippen molar-refractivity contribution in [2.45, 2.75) is 26.8 Å². The van der Waals surface area contributed by atoms with E-state index in [9.17, 15) is 0 Å². The molecule has 0 saturated heterocycles. The highest BCUT2D eigenvalue weighted by molar-refractivity contribution is 4.81. The van der Waals surface area contributed by atoms with Gasteiger partial charge in [-0.05, 0) is 12.5 Å². The van der Waals surface area contributed by atoms with Crippen LogP contribution in [0.3, 0.4) is 0 Å². The summed E-state index contributed by atoms with van der Waals surface area (Å²) in [5.41, 5.74) is 0. The average molecular weight is 210 g/mol. The second kappa shape index (κ2) is 8.69. The first kappa shape index (κ1) is 14.4. The van der Waals surface area contributed by atoms with Gasteiger partial charge in [-0.15, -0.1) is 13.2 Å². The molecular formula is C13H26N2. The molecule has 1 atom stereocenters. The summed E-state index contributed by atoms with van der Waals surface area (Å²) in [6.45, 7) is 18.2. The van der Waals surface area contributed by atoms with Crippen molar-refractivity contribution in [3.05, 3.63) is 25.3 Å². The van der Waals surface area contributed by atoms with Gasteiger partial charge in [-0.1, -0.05) is 32.9 Å².